The van der Waals surface area contributed by atoms with Gasteiger partial charge in [-0.1, -0.05) is 31.9 Å². The molecule has 1 aromatic carbocycles. The van der Waals surface area contributed by atoms with Crippen LogP contribution in [0.25, 0.3) is 0 Å². The van der Waals surface area contributed by atoms with Gasteiger partial charge in [-0.25, -0.2) is 0 Å². The maximum Gasteiger partial charge on any atom is 0.251 e. The number of hydrogen-bond donors (Lipinski definition) is 2. The van der Waals surface area contributed by atoms with E-state index in [1.165, 1.54) is 6.42 Å². The molecule has 1 amide bonds. The summed E-state index contributed by atoms with van der Waals surface area (Å²) in [5.41, 5.74) is 7.24. The Hall–Kier alpha value is -1.35. The molecule has 0 bridgehead atoms. The average Bonchev–Trinajstić information content (AvgIpc) is 2.34. The van der Waals surface area contributed by atoms with E-state index in [1.807, 2.05) is 24.3 Å². The van der Waals surface area contributed by atoms with Gasteiger partial charge in [-0.3, -0.25) is 4.79 Å². The predicted octanol–water partition coefficient (Wildman–Crippen LogP) is 2.07. The predicted molar refractivity (Wildman–Crippen MR) is 66.2 cm³/mol. The number of unbranched alkanes of at least 4 members (excludes halogenated alkanes) is 2. The summed E-state index contributed by atoms with van der Waals surface area (Å²) < 4.78 is 0. The number of nitrogens with two attached hydrogens (primary N) is 1. The SMILES string of the molecule is CCCCCNC(=O)c1ccc(CN)cc1. The molecule has 0 heterocycles. The van der Waals surface area contributed by atoms with Gasteiger partial charge < -0.3 is 11.1 Å². The molecule has 88 valence electrons. The standard InChI is InChI=1S/C13H20N2O/c1-2-3-4-9-15-13(16)12-7-5-11(10-14)6-8-12/h5-8H,2-4,9-10,14H2,1H3,(H,15,16). The van der Waals surface area contributed by atoms with Crippen molar-refractivity contribution in [3.05, 3.63) is 35.4 Å². The van der Waals surface area contributed by atoms with Crippen LogP contribution in [0.15, 0.2) is 24.3 Å². The Labute approximate surface area is 97.0 Å². The molecular formula is C13H20N2O. The van der Waals surface area contributed by atoms with Crippen molar-refractivity contribution in [3.8, 4) is 0 Å². The Morgan fingerprint density at radius 1 is 1.25 bits per heavy atom. The fourth-order valence-corrected chi connectivity index (χ4v) is 1.47. The molecule has 1 rings (SSSR count). The van der Waals surface area contributed by atoms with Crippen molar-refractivity contribution >= 4 is 5.91 Å². The monoisotopic (exact) mass is 220 g/mol. The highest BCUT2D eigenvalue weighted by Gasteiger charge is 2.03. The van der Waals surface area contributed by atoms with Crippen molar-refractivity contribution in [2.75, 3.05) is 6.54 Å². The molecule has 0 radical (unpaired) electrons. The van der Waals surface area contributed by atoms with E-state index in [-0.39, 0.29) is 5.91 Å². The summed E-state index contributed by atoms with van der Waals surface area (Å²) in [6, 6.07) is 7.41. The molecule has 3 nitrogen and oxygen atoms in total. The van der Waals surface area contributed by atoms with Crippen molar-refractivity contribution in [2.45, 2.75) is 32.7 Å². The number of amides is 1. The van der Waals surface area contributed by atoms with Gasteiger partial charge in [0.05, 0.1) is 0 Å². The molecule has 0 atom stereocenters. The van der Waals surface area contributed by atoms with Crippen LogP contribution in [0.5, 0.6) is 0 Å². The Morgan fingerprint density at radius 2 is 1.94 bits per heavy atom. The van der Waals surface area contributed by atoms with E-state index in [0.29, 0.717) is 12.1 Å². The van der Waals surface area contributed by atoms with Crippen LogP contribution < -0.4 is 11.1 Å². The lowest BCUT2D eigenvalue weighted by atomic mass is 10.1. The third kappa shape index (κ3) is 4.03. The average molecular weight is 220 g/mol. The van der Waals surface area contributed by atoms with E-state index >= 15 is 0 Å². The van der Waals surface area contributed by atoms with Gasteiger partial charge >= 0.3 is 0 Å². The van der Waals surface area contributed by atoms with Crippen LogP contribution in [0.1, 0.15) is 42.1 Å². The highest BCUT2D eigenvalue weighted by molar-refractivity contribution is 5.94. The molecule has 0 aliphatic carbocycles. The van der Waals surface area contributed by atoms with Crippen LogP contribution in [0.2, 0.25) is 0 Å². The highest BCUT2D eigenvalue weighted by Crippen LogP contribution is 2.03. The fraction of sp³-hybridized carbons (Fsp3) is 0.462. The maximum atomic E-state index is 11.7. The van der Waals surface area contributed by atoms with Crippen LogP contribution in [-0.4, -0.2) is 12.5 Å². The zero-order valence-corrected chi connectivity index (χ0v) is 9.83. The number of rotatable bonds is 6. The van der Waals surface area contributed by atoms with Crippen LogP contribution >= 0.6 is 0 Å². The van der Waals surface area contributed by atoms with E-state index in [1.54, 1.807) is 0 Å². The van der Waals surface area contributed by atoms with Gasteiger partial charge in [-0.15, -0.1) is 0 Å². The quantitative estimate of drug-likeness (QED) is 0.721. The molecule has 0 saturated carbocycles. The van der Waals surface area contributed by atoms with Crippen LogP contribution in [0.4, 0.5) is 0 Å². The largest absolute Gasteiger partial charge is 0.352 e. The Bertz CT molecular complexity index is 319. The first-order valence-corrected chi connectivity index (χ1v) is 5.85. The number of carbonyl (C=O) groups is 1. The summed E-state index contributed by atoms with van der Waals surface area (Å²) in [5.74, 6) is -0.000301. The molecule has 0 aliphatic rings. The lowest BCUT2D eigenvalue weighted by molar-refractivity contribution is 0.0953. The van der Waals surface area contributed by atoms with Crippen LogP contribution in [0, 0.1) is 0 Å². The summed E-state index contributed by atoms with van der Waals surface area (Å²) in [4.78, 5) is 11.7. The first-order valence-electron chi connectivity index (χ1n) is 5.85. The summed E-state index contributed by atoms with van der Waals surface area (Å²) in [6.07, 6.45) is 3.37. The number of benzene rings is 1. The second kappa shape index (κ2) is 7.01. The zero-order chi connectivity index (χ0) is 11.8. The normalized spacial score (nSPS) is 10.1. The molecule has 0 aliphatic heterocycles. The Kier molecular flexibility index (Phi) is 5.57. The van der Waals surface area contributed by atoms with Gasteiger partial charge in [0.2, 0.25) is 0 Å². The third-order valence-electron chi connectivity index (χ3n) is 2.52. The molecule has 0 fully saturated rings. The topological polar surface area (TPSA) is 55.1 Å². The van der Waals surface area contributed by atoms with Crippen LogP contribution in [-0.2, 0) is 6.54 Å². The molecule has 3 N–H and O–H groups in total. The molecule has 3 heteroatoms. The molecule has 0 unspecified atom stereocenters. The summed E-state index contributed by atoms with van der Waals surface area (Å²) >= 11 is 0. The minimum Gasteiger partial charge on any atom is -0.352 e. The van der Waals surface area contributed by atoms with Crippen molar-refractivity contribution < 1.29 is 4.79 Å². The number of nitrogens with one attached hydrogen (secondary N) is 1. The van der Waals surface area contributed by atoms with Gasteiger partial charge in [-0.05, 0) is 24.1 Å². The first kappa shape index (κ1) is 12.7. The zero-order valence-electron chi connectivity index (χ0n) is 9.83. The second-order valence-corrected chi connectivity index (χ2v) is 3.86. The molecule has 0 spiro atoms. The van der Waals surface area contributed by atoms with E-state index in [0.717, 1.165) is 24.9 Å². The summed E-state index contributed by atoms with van der Waals surface area (Å²) in [5, 5.41) is 2.90. The second-order valence-electron chi connectivity index (χ2n) is 3.86. The molecule has 0 saturated heterocycles. The number of hydrogen-bond acceptors (Lipinski definition) is 2. The third-order valence-corrected chi connectivity index (χ3v) is 2.52. The van der Waals surface area contributed by atoms with Crippen molar-refractivity contribution in [1.29, 1.82) is 0 Å². The first-order chi connectivity index (χ1) is 7.77. The van der Waals surface area contributed by atoms with Gasteiger partial charge in [0.1, 0.15) is 0 Å². The molecular weight excluding hydrogens is 200 g/mol. The van der Waals surface area contributed by atoms with Crippen molar-refractivity contribution in [3.63, 3.8) is 0 Å². The summed E-state index contributed by atoms with van der Waals surface area (Å²) in [7, 11) is 0. The lowest BCUT2D eigenvalue weighted by Crippen LogP contribution is -2.24. The Morgan fingerprint density at radius 3 is 2.50 bits per heavy atom. The molecule has 16 heavy (non-hydrogen) atoms. The fourth-order valence-electron chi connectivity index (χ4n) is 1.47. The minimum atomic E-state index is -0.000301. The smallest absolute Gasteiger partial charge is 0.251 e. The van der Waals surface area contributed by atoms with Crippen LogP contribution in [0.3, 0.4) is 0 Å². The van der Waals surface area contributed by atoms with Gasteiger partial charge in [0.25, 0.3) is 5.91 Å². The van der Waals surface area contributed by atoms with Gasteiger partial charge in [0, 0.05) is 18.7 Å². The highest BCUT2D eigenvalue weighted by atomic mass is 16.1. The molecule has 0 aromatic heterocycles. The van der Waals surface area contributed by atoms with Gasteiger partial charge in [-0.2, -0.15) is 0 Å². The Balaban J connectivity index is 2.40. The van der Waals surface area contributed by atoms with E-state index < -0.39 is 0 Å². The molecule has 1 aromatic rings. The summed E-state index contributed by atoms with van der Waals surface area (Å²) in [6.45, 7) is 3.41. The lowest BCUT2D eigenvalue weighted by Gasteiger charge is -2.05. The maximum absolute atomic E-state index is 11.7. The van der Waals surface area contributed by atoms with E-state index in [2.05, 4.69) is 12.2 Å². The minimum absolute atomic E-state index is 0.000301. The van der Waals surface area contributed by atoms with Crippen molar-refractivity contribution in [2.24, 2.45) is 5.73 Å². The van der Waals surface area contributed by atoms with Gasteiger partial charge in [0.15, 0.2) is 0 Å². The van der Waals surface area contributed by atoms with E-state index in [4.69, 9.17) is 5.73 Å². The van der Waals surface area contributed by atoms with E-state index in [9.17, 15) is 4.79 Å². The number of carbonyl (C=O) groups excluding carboxylic acids is 1. The van der Waals surface area contributed by atoms with Crippen molar-refractivity contribution in [1.82, 2.24) is 5.32 Å².